The maximum Gasteiger partial charge on any atom is 0.251 e. The summed E-state index contributed by atoms with van der Waals surface area (Å²) in [5.74, 6) is -0.981. The third kappa shape index (κ3) is 4.10. The molecule has 2 amide bonds. The summed E-state index contributed by atoms with van der Waals surface area (Å²) in [7, 11) is 0. The van der Waals surface area contributed by atoms with Crippen LogP contribution in [0.1, 0.15) is 16.8 Å². The Balaban J connectivity index is 1.46. The Labute approximate surface area is 141 Å². The molecule has 1 aromatic rings. The fraction of sp³-hybridized carbons (Fsp3) is 0.529. The minimum Gasteiger partial charge on any atom is -0.343 e. The van der Waals surface area contributed by atoms with Crippen molar-refractivity contribution in [2.24, 2.45) is 0 Å². The van der Waals surface area contributed by atoms with Gasteiger partial charge in [-0.15, -0.1) is 0 Å². The second-order valence-electron chi connectivity index (χ2n) is 6.26. The number of hydrogen-bond donors (Lipinski definition) is 2. The molecule has 3 rings (SSSR count). The molecule has 0 aliphatic carbocycles. The molecule has 0 saturated carbocycles. The highest BCUT2D eigenvalue weighted by atomic mass is 19.1. The lowest BCUT2D eigenvalue weighted by Crippen LogP contribution is -2.49. The predicted molar refractivity (Wildman–Crippen MR) is 88.2 cm³/mol. The number of carbonyl (C=O) groups excluding carboxylic acids is 2. The molecule has 2 aliphatic heterocycles. The van der Waals surface area contributed by atoms with Gasteiger partial charge in [0.1, 0.15) is 5.82 Å². The summed E-state index contributed by atoms with van der Waals surface area (Å²) < 4.78 is 13.1. The number of carbonyl (C=O) groups is 2. The molecule has 0 radical (unpaired) electrons. The Kier molecular flexibility index (Phi) is 5.42. The van der Waals surface area contributed by atoms with Crippen LogP contribution in [0.5, 0.6) is 0 Å². The fourth-order valence-electron chi connectivity index (χ4n) is 3.31. The second-order valence-corrected chi connectivity index (χ2v) is 6.26. The molecule has 0 aromatic heterocycles. The molecule has 7 heteroatoms. The van der Waals surface area contributed by atoms with E-state index in [0.717, 1.165) is 45.2 Å². The van der Waals surface area contributed by atoms with Gasteiger partial charge in [0.05, 0.1) is 6.54 Å². The van der Waals surface area contributed by atoms with Gasteiger partial charge >= 0.3 is 0 Å². The zero-order valence-electron chi connectivity index (χ0n) is 13.6. The van der Waals surface area contributed by atoms with Gasteiger partial charge in [0, 0.05) is 50.9 Å². The van der Waals surface area contributed by atoms with Crippen LogP contribution >= 0.6 is 0 Å². The predicted octanol–water partition coefficient (Wildman–Crippen LogP) is 0.0616. The molecule has 2 heterocycles. The molecular formula is C17H23FN4O2. The Morgan fingerprint density at radius 3 is 2.79 bits per heavy atom. The summed E-state index contributed by atoms with van der Waals surface area (Å²) in [5, 5.41) is 5.90. The molecule has 24 heavy (non-hydrogen) atoms. The van der Waals surface area contributed by atoms with E-state index < -0.39 is 11.7 Å². The third-order valence-corrected chi connectivity index (χ3v) is 4.67. The van der Waals surface area contributed by atoms with Crippen molar-refractivity contribution in [3.05, 3.63) is 35.6 Å². The smallest absolute Gasteiger partial charge is 0.251 e. The molecule has 2 aliphatic rings. The molecule has 2 saturated heterocycles. The number of hydrogen-bond acceptors (Lipinski definition) is 4. The van der Waals surface area contributed by atoms with Gasteiger partial charge in [0.2, 0.25) is 5.91 Å². The van der Waals surface area contributed by atoms with Crippen LogP contribution in [0.25, 0.3) is 0 Å². The van der Waals surface area contributed by atoms with Gasteiger partial charge in [0.15, 0.2) is 0 Å². The van der Waals surface area contributed by atoms with Crippen LogP contribution in [0.15, 0.2) is 24.3 Å². The van der Waals surface area contributed by atoms with Crippen LogP contribution in [0.2, 0.25) is 0 Å². The van der Waals surface area contributed by atoms with Crippen molar-refractivity contribution in [1.29, 1.82) is 0 Å². The van der Waals surface area contributed by atoms with E-state index in [9.17, 15) is 14.0 Å². The van der Waals surface area contributed by atoms with Gasteiger partial charge in [-0.1, -0.05) is 6.07 Å². The molecule has 2 fully saturated rings. The topological polar surface area (TPSA) is 64.7 Å². The molecule has 0 bridgehead atoms. The normalized spacial score (nSPS) is 21.7. The summed E-state index contributed by atoms with van der Waals surface area (Å²) >= 11 is 0. The van der Waals surface area contributed by atoms with Gasteiger partial charge in [-0.05, 0) is 24.6 Å². The second kappa shape index (κ2) is 7.72. The molecule has 1 unspecified atom stereocenters. The zero-order chi connectivity index (χ0) is 16.9. The van der Waals surface area contributed by atoms with Crippen LogP contribution in [0.3, 0.4) is 0 Å². The number of likely N-dealkylation sites (tertiary alicyclic amines) is 1. The van der Waals surface area contributed by atoms with E-state index in [0.29, 0.717) is 12.6 Å². The molecule has 2 N–H and O–H groups in total. The summed E-state index contributed by atoms with van der Waals surface area (Å²) in [6.07, 6.45) is 0.976. The first kappa shape index (κ1) is 16.9. The number of amides is 2. The number of halogens is 1. The Morgan fingerprint density at radius 2 is 2.04 bits per heavy atom. The first-order valence-electron chi connectivity index (χ1n) is 8.40. The standard InChI is InChI=1S/C17H23FN4O2/c18-14-3-1-2-13(10-14)17(24)20-11-16(23)22-7-4-15(12-22)21-8-5-19-6-9-21/h1-3,10,15,19H,4-9,11-12H2,(H,20,24). The van der Waals surface area contributed by atoms with E-state index in [2.05, 4.69) is 15.5 Å². The average molecular weight is 334 g/mol. The van der Waals surface area contributed by atoms with Crippen molar-refractivity contribution in [1.82, 2.24) is 20.4 Å². The van der Waals surface area contributed by atoms with Crippen molar-refractivity contribution in [2.45, 2.75) is 12.5 Å². The van der Waals surface area contributed by atoms with Gasteiger partial charge < -0.3 is 15.5 Å². The quantitative estimate of drug-likeness (QED) is 0.817. The van der Waals surface area contributed by atoms with Gasteiger partial charge in [-0.2, -0.15) is 0 Å². The maximum atomic E-state index is 13.1. The van der Waals surface area contributed by atoms with Gasteiger partial charge in [0.25, 0.3) is 5.91 Å². The monoisotopic (exact) mass is 334 g/mol. The highest BCUT2D eigenvalue weighted by Crippen LogP contribution is 2.16. The minimum atomic E-state index is -0.465. The summed E-state index contributed by atoms with van der Waals surface area (Å²) in [5.41, 5.74) is 0.225. The molecular weight excluding hydrogens is 311 g/mol. The number of rotatable bonds is 4. The average Bonchev–Trinajstić information content (AvgIpc) is 3.10. The Bertz CT molecular complexity index is 604. The molecule has 6 nitrogen and oxygen atoms in total. The lowest BCUT2D eigenvalue weighted by molar-refractivity contribution is -0.129. The van der Waals surface area contributed by atoms with Crippen molar-refractivity contribution >= 4 is 11.8 Å². The fourth-order valence-corrected chi connectivity index (χ4v) is 3.31. The van der Waals surface area contributed by atoms with Crippen molar-refractivity contribution in [3.8, 4) is 0 Å². The lowest BCUT2D eigenvalue weighted by atomic mass is 10.2. The number of nitrogens with one attached hydrogen (secondary N) is 2. The van der Waals surface area contributed by atoms with Crippen LogP contribution < -0.4 is 10.6 Å². The highest BCUT2D eigenvalue weighted by Gasteiger charge is 2.30. The van der Waals surface area contributed by atoms with E-state index in [1.807, 2.05) is 0 Å². The highest BCUT2D eigenvalue weighted by molar-refractivity contribution is 5.96. The van der Waals surface area contributed by atoms with Crippen molar-refractivity contribution in [2.75, 3.05) is 45.8 Å². The first-order valence-corrected chi connectivity index (χ1v) is 8.40. The maximum absolute atomic E-state index is 13.1. The van der Waals surface area contributed by atoms with Crippen LogP contribution in [-0.4, -0.2) is 73.5 Å². The van der Waals surface area contributed by atoms with E-state index in [1.54, 1.807) is 4.90 Å². The van der Waals surface area contributed by atoms with Gasteiger partial charge in [-0.3, -0.25) is 14.5 Å². The number of piperazine rings is 1. The van der Waals surface area contributed by atoms with E-state index in [-0.39, 0.29) is 18.0 Å². The summed E-state index contributed by atoms with van der Waals surface area (Å²) in [4.78, 5) is 28.5. The summed E-state index contributed by atoms with van der Waals surface area (Å²) in [6, 6.07) is 5.86. The number of nitrogens with zero attached hydrogens (tertiary/aromatic N) is 2. The molecule has 1 atom stereocenters. The first-order chi connectivity index (χ1) is 11.6. The van der Waals surface area contributed by atoms with Crippen LogP contribution in [0.4, 0.5) is 4.39 Å². The Morgan fingerprint density at radius 1 is 1.25 bits per heavy atom. The van der Waals surface area contributed by atoms with E-state index in [4.69, 9.17) is 0 Å². The number of benzene rings is 1. The SMILES string of the molecule is O=C(NCC(=O)N1CCC(N2CCNCC2)C1)c1cccc(F)c1. The van der Waals surface area contributed by atoms with Crippen molar-refractivity contribution in [3.63, 3.8) is 0 Å². The molecule has 1 aromatic carbocycles. The largest absolute Gasteiger partial charge is 0.343 e. The summed E-state index contributed by atoms with van der Waals surface area (Å²) in [6.45, 7) is 5.41. The van der Waals surface area contributed by atoms with Crippen LogP contribution in [-0.2, 0) is 4.79 Å². The third-order valence-electron chi connectivity index (χ3n) is 4.67. The van der Waals surface area contributed by atoms with E-state index in [1.165, 1.54) is 18.2 Å². The van der Waals surface area contributed by atoms with Crippen molar-refractivity contribution < 1.29 is 14.0 Å². The minimum absolute atomic E-state index is 0.0520. The lowest BCUT2D eigenvalue weighted by Gasteiger charge is -2.32. The zero-order valence-corrected chi connectivity index (χ0v) is 13.6. The molecule has 130 valence electrons. The van der Waals surface area contributed by atoms with Gasteiger partial charge in [-0.25, -0.2) is 4.39 Å². The molecule has 0 spiro atoms. The Hall–Kier alpha value is -1.99. The van der Waals surface area contributed by atoms with E-state index >= 15 is 0 Å². The van der Waals surface area contributed by atoms with Crippen LogP contribution in [0, 0.1) is 5.82 Å².